The summed E-state index contributed by atoms with van der Waals surface area (Å²) in [7, 11) is 0. The first-order valence-corrected chi connectivity index (χ1v) is 8.78. The highest BCUT2D eigenvalue weighted by Gasteiger charge is 2.19. The predicted molar refractivity (Wildman–Crippen MR) is 106 cm³/mol. The monoisotopic (exact) mass is 373 g/mol. The van der Waals surface area contributed by atoms with Gasteiger partial charge < -0.3 is 16.0 Å². The second-order valence-corrected chi connectivity index (χ2v) is 7.50. The van der Waals surface area contributed by atoms with E-state index in [-0.39, 0.29) is 17.5 Å². The minimum Gasteiger partial charge on any atom is -0.347 e. The minimum atomic E-state index is -0.409. The van der Waals surface area contributed by atoms with Crippen molar-refractivity contribution in [2.24, 2.45) is 0 Å². The first-order chi connectivity index (χ1) is 12.2. The highest BCUT2D eigenvalue weighted by atomic mass is 35.5. The molecule has 2 rings (SSSR count). The van der Waals surface area contributed by atoms with Gasteiger partial charge in [0.05, 0.1) is 17.3 Å². The van der Waals surface area contributed by atoms with Gasteiger partial charge in [0.25, 0.3) is 5.91 Å². The van der Waals surface area contributed by atoms with E-state index in [1.807, 2.05) is 45.9 Å². The van der Waals surface area contributed by atoms with Crippen molar-refractivity contribution in [1.29, 1.82) is 0 Å². The summed E-state index contributed by atoms with van der Waals surface area (Å²) in [5, 5.41) is 9.06. The lowest BCUT2D eigenvalue weighted by Gasteiger charge is -2.22. The number of hydrogen-bond donors (Lipinski definition) is 3. The van der Waals surface area contributed by atoms with Gasteiger partial charge in [0, 0.05) is 10.6 Å². The third kappa shape index (κ3) is 5.49. The Morgan fingerprint density at radius 1 is 1.00 bits per heavy atom. The molecule has 6 heteroatoms. The van der Waals surface area contributed by atoms with Crippen molar-refractivity contribution in [3.05, 3.63) is 64.7 Å². The van der Waals surface area contributed by atoms with E-state index >= 15 is 0 Å². The number of halogens is 1. The molecule has 0 spiro atoms. The second kappa shape index (κ2) is 8.23. The van der Waals surface area contributed by atoms with E-state index in [9.17, 15) is 9.59 Å². The zero-order valence-electron chi connectivity index (χ0n) is 15.4. The lowest BCUT2D eigenvalue weighted by Crippen LogP contribution is -2.41. The molecule has 26 heavy (non-hydrogen) atoms. The fraction of sp³-hybridized carbons (Fsp3) is 0.300. The largest absolute Gasteiger partial charge is 0.347 e. The summed E-state index contributed by atoms with van der Waals surface area (Å²) in [6.07, 6.45) is 0. The van der Waals surface area contributed by atoms with Crippen molar-refractivity contribution in [3.63, 3.8) is 0 Å². The van der Waals surface area contributed by atoms with Crippen molar-refractivity contribution < 1.29 is 9.59 Å². The van der Waals surface area contributed by atoms with Crippen molar-refractivity contribution >= 4 is 29.2 Å². The molecule has 2 aromatic rings. The number of nitrogens with one attached hydrogen (secondary N) is 3. The third-order valence-electron chi connectivity index (χ3n) is 3.63. The van der Waals surface area contributed by atoms with Crippen molar-refractivity contribution in [1.82, 2.24) is 10.6 Å². The lowest BCUT2D eigenvalue weighted by molar-refractivity contribution is 0.0920. The third-order valence-corrected chi connectivity index (χ3v) is 3.97. The van der Waals surface area contributed by atoms with Crippen molar-refractivity contribution in [2.45, 2.75) is 39.3 Å². The van der Waals surface area contributed by atoms with Crippen LogP contribution < -0.4 is 16.0 Å². The van der Waals surface area contributed by atoms with Crippen LogP contribution in [0.1, 0.15) is 49.7 Å². The van der Waals surface area contributed by atoms with Gasteiger partial charge in [-0.25, -0.2) is 4.79 Å². The highest BCUT2D eigenvalue weighted by molar-refractivity contribution is 6.31. The van der Waals surface area contributed by atoms with Gasteiger partial charge in [-0.2, -0.15) is 0 Å². The quantitative estimate of drug-likeness (QED) is 0.723. The number of amides is 3. The van der Waals surface area contributed by atoms with E-state index in [1.165, 1.54) is 0 Å². The average Bonchev–Trinajstić information content (AvgIpc) is 2.53. The summed E-state index contributed by atoms with van der Waals surface area (Å²) in [6.45, 7) is 7.55. The molecule has 138 valence electrons. The van der Waals surface area contributed by atoms with E-state index in [4.69, 9.17) is 11.6 Å². The first kappa shape index (κ1) is 19.8. The van der Waals surface area contributed by atoms with Crippen molar-refractivity contribution in [2.75, 3.05) is 5.32 Å². The molecule has 3 N–H and O–H groups in total. The molecule has 0 radical (unpaired) electrons. The van der Waals surface area contributed by atoms with E-state index in [0.29, 0.717) is 16.3 Å². The molecule has 0 aliphatic rings. The molecule has 5 nitrogen and oxygen atoms in total. The van der Waals surface area contributed by atoms with Crippen LogP contribution in [-0.4, -0.2) is 17.5 Å². The molecule has 2 aromatic carbocycles. The number of urea groups is 1. The Balaban J connectivity index is 2.10. The van der Waals surface area contributed by atoms with Gasteiger partial charge in [0.2, 0.25) is 0 Å². The maximum Gasteiger partial charge on any atom is 0.319 e. The summed E-state index contributed by atoms with van der Waals surface area (Å²) < 4.78 is 0. The first-order valence-electron chi connectivity index (χ1n) is 8.41. The molecule has 0 bridgehead atoms. The van der Waals surface area contributed by atoms with E-state index in [2.05, 4.69) is 16.0 Å². The van der Waals surface area contributed by atoms with Gasteiger partial charge in [-0.05, 0) is 51.5 Å². The maximum absolute atomic E-state index is 12.5. The molecule has 0 aromatic heterocycles. The zero-order valence-corrected chi connectivity index (χ0v) is 16.1. The fourth-order valence-electron chi connectivity index (χ4n) is 2.46. The molecule has 1 atom stereocenters. The standard InChI is InChI=1S/C20H24ClN3O2/c1-13(14-9-5-7-11-16(14)21)22-19(26)23-17-12-8-6-10-15(17)18(25)24-20(2,3)4/h5-13H,1-4H3,(H,24,25)(H2,22,23,26). The Morgan fingerprint density at radius 3 is 2.27 bits per heavy atom. The molecule has 0 heterocycles. The van der Waals surface area contributed by atoms with E-state index in [1.54, 1.807) is 30.3 Å². The van der Waals surface area contributed by atoms with Crippen LogP contribution >= 0.6 is 11.6 Å². The SMILES string of the molecule is CC(NC(=O)Nc1ccccc1C(=O)NC(C)(C)C)c1ccccc1Cl. The topological polar surface area (TPSA) is 70.2 Å². The van der Waals surface area contributed by atoms with Gasteiger partial charge >= 0.3 is 6.03 Å². The highest BCUT2D eigenvalue weighted by Crippen LogP contribution is 2.22. The number of benzene rings is 2. The summed E-state index contributed by atoms with van der Waals surface area (Å²) >= 11 is 6.17. The van der Waals surface area contributed by atoms with Crippen LogP contribution in [0.25, 0.3) is 0 Å². The number of rotatable bonds is 4. The maximum atomic E-state index is 12.5. The van der Waals surface area contributed by atoms with Crippen LogP contribution in [0, 0.1) is 0 Å². The van der Waals surface area contributed by atoms with Crippen LogP contribution in [0.4, 0.5) is 10.5 Å². The summed E-state index contributed by atoms with van der Waals surface area (Å²) in [4.78, 5) is 24.8. The zero-order chi connectivity index (χ0) is 19.3. The molecule has 1 unspecified atom stereocenters. The van der Waals surface area contributed by atoms with Gasteiger partial charge in [0.15, 0.2) is 0 Å². The Kier molecular flexibility index (Phi) is 6.27. The normalized spacial score (nSPS) is 12.2. The number of para-hydroxylation sites is 1. The summed E-state index contributed by atoms with van der Waals surface area (Å²) in [5.74, 6) is -0.243. The Bertz CT molecular complexity index is 800. The molecule has 0 aliphatic heterocycles. The van der Waals surface area contributed by atoms with Crippen LogP contribution in [0.5, 0.6) is 0 Å². The molecule has 0 saturated carbocycles. The summed E-state index contributed by atoms with van der Waals surface area (Å²) in [5.41, 5.74) is 1.30. The Labute approximate surface area is 159 Å². The molecular weight excluding hydrogens is 350 g/mol. The van der Waals surface area contributed by atoms with Gasteiger partial charge in [0.1, 0.15) is 0 Å². The Hall–Kier alpha value is -2.53. The van der Waals surface area contributed by atoms with Crippen LogP contribution in [-0.2, 0) is 0 Å². The average molecular weight is 374 g/mol. The minimum absolute atomic E-state index is 0.243. The molecule has 0 saturated heterocycles. The van der Waals surface area contributed by atoms with Crippen LogP contribution in [0.2, 0.25) is 5.02 Å². The van der Waals surface area contributed by atoms with Gasteiger partial charge in [-0.1, -0.05) is 41.9 Å². The van der Waals surface area contributed by atoms with E-state index < -0.39 is 6.03 Å². The number of anilines is 1. The molecule has 0 fully saturated rings. The van der Waals surface area contributed by atoms with Gasteiger partial charge in [-0.15, -0.1) is 0 Å². The van der Waals surface area contributed by atoms with Crippen molar-refractivity contribution in [3.8, 4) is 0 Å². The molecular formula is C20H24ClN3O2. The lowest BCUT2D eigenvalue weighted by atomic mass is 10.1. The smallest absolute Gasteiger partial charge is 0.319 e. The van der Waals surface area contributed by atoms with Crippen LogP contribution in [0.15, 0.2) is 48.5 Å². The number of carbonyl (C=O) groups is 2. The van der Waals surface area contributed by atoms with Crippen LogP contribution in [0.3, 0.4) is 0 Å². The predicted octanol–water partition coefficient (Wildman–Crippen LogP) is 4.75. The second-order valence-electron chi connectivity index (χ2n) is 7.09. The Morgan fingerprint density at radius 2 is 1.62 bits per heavy atom. The van der Waals surface area contributed by atoms with Gasteiger partial charge in [-0.3, -0.25) is 4.79 Å². The van der Waals surface area contributed by atoms with E-state index in [0.717, 1.165) is 5.56 Å². The fourth-order valence-corrected chi connectivity index (χ4v) is 2.76. The summed E-state index contributed by atoms with van der Waals surface area (Å²) in [6, 6.07) is 13.5. The number of carbonyl (C=O) groups excluding carboxylic acids is 2. The molecule has 0 aliphatic carbocycles. The number of hydrogen-bond acceptors (Lipinski definition) is 2. The molecule has 3 amide bonds.